The molecule has 0 saturated carbocycles. The summed E-state index contributed by atoms with van der Waals surface area (Å²) in [5, 5.41) is 6.35. The van der Waals surface area contributed by atoms with Gasteiger partial charge in [-0.2, -0.15) is 13.2 Å². The van der Waals surface area contributed by atoms with Gasteiger partial charge in [0.25, 0.3) is 0 Å². The fraction of sp³-hybridized carbons (Fsp3) is 0.231. The zero-order chi connectivity index (χ0) is 24.4. The number of hydrogen-bond acceptors (Lipinski definition) is 4. The minimum absolute atomic E-state index is 0.237. The van der Waals surface area contributed by atoms with E-state index in [2.05, 4.69) is 25.2 Å². The van der Waals surface area contributed by atoms with Gasteiger partial charge in [0.15, 0.2) is 0 Å². The number of benzene rings is 2. The van der Waals surface area contributed by atoms with Gasteiger partial charge in [-0.15, -0.1) is 0 Å². The Morgan fingerprint density at radius 3 is 2.43 bits per heavy atom. The number of pyridine rings is 1. The quantitative estimate of drug-likeness (QED) is 0.322. The van der Waals surface area contributed by atoms with Gasteiger partial charge >= 0.3 is 6.18 Å². The van der Waals surface area contributed by atoms with Gasteiger partial charge in [-0.25, -0.2) is 14.4 Å². The van der Waals surface area contributed by atoms with Crippen LogP contribution >= 0.6 is 0 Å². The summed E-state index contributed by atoms with van der Waals surface area (Å²) in [6.45, 7) is 1.79. The lowest BCUT2D eigenvalue weighted by Crippen LogP contribution is -2.29. The highest BCUT2D eigenvalue weighted by Gasteiger charge is 2.30. The number of imidazole rings is 1. The average Bonchev–Trinajstić information content (AvgIpc) is 3.30. The molecule has 1 saturated heterocycles. The molecule has 0 atom stereocenters. The Hall–Kier alpha value is -3.72. The van der Waals surface area contributed by atoms with E-state index >= 15 is 0 Å². The van der Waals surface area contributed by atoms with Crippen LogP contribution in [0.1, 0.15) is 24.4 Å². The fourth-order valence-corrected chi connectivity index (χ4v) is 4.39. The van der Waals surface area contributed by atoms with Crippen LogP contribution < -0.4 is 10.6 Å². The number of rotatable bonds is 5. The summed E-state index contributed by atoms with van der Waals surface area (Å²) in [6.07, 6.45) is 0.863. The second-order valence-corrected chi connectivity index (χ2v) is 8.47. The van der Waals surface area contributed by atoms with Crippen molar-refractivity contribution >= 4 is 11.5 Å². The number of nitrogens with one attached hydrogen (secondary N) is 2. The zero-order valence-corrected chi connectivity index (χ0v) is 18.7. The highest BCUT2D eigenvalue weighted by molar-refractivity contribution is 5.80. The van der Waals surface area contributed by atoms with Crippen molar-refractivity contribution in [2.45, 2.75) is 25.1 Å². The van der Waals surface area contributed by atoms with Crippen molar-refractivity contribution in [2.75, 3.05) is 18.4 Å². The van der Waals surface area contributed by atoms with E-state index in [0.717, 1.165) is 54.9 Å². The molecule has 1 aliphatic rings. The smallest absolute Gasteiger partial charge is 0.340 e. The summed E-state index contributed by atoms with van der Waals surface area (Å²) < 4.78 is 55.1. The van der Waals surface area contributed by atoms with Crippen molar-refractivity contribution in [1.82, 2.24) is 19.9 Å². The number of halogens is 4. The second kappa shape index (κ2) is 9.50. The van der Waals surface area contributed by atoms with E-state index in [0.29, 0.717) is 11.5 Å². The molecule has 3 heterocycles. The predicted octanol–water partition coefficient (Wildman–Crippen LogP) is 6.44. The Morgan fingerprint density at radius 1 is 0.914 bits per heavy atom. The first-order chi connectivity index (χ1) is 16.9. The van der Waals surface area contributed by atoms with Gasteiger partial charge in [-0.1, -0.05) is 6.07 Å². The first kappa shape index (κ1) is 23.0. The summed E-state index contributed by atoms with van der Waals surface area (Å²) >= 11 is 0. The minimum atomic E-state index is -4.43. The SMILES string of the molecule is Fc1ccc(-c2ncn(C3CCNCC3)c2-c2ccnc(Nc3cccc(C(F)(F)F)c3)c2)cc1. The van der Waals surface area contributed by atoms with Crippen molar-refractivity contribution in [2.24, 2.45) is 0 Å². The van der Waals surface area contributed by atoms with Gasteiger partial charge in [-0.05, 0) is 80.5 Å². The maximum Gasteiger partial charge on any atom is 0.416 e. The Kier molecular flexibility index (Phi) is 6.25. The molecule has 9 heteroatoms. The van der Waals surface area contributed by atoms with Gasteiger partial charge in [0, 0.05) is 29.1 Å². The molecule has 1 aliphatic heterocycles. The lowest BCUT2D eigenvalue weighted by molar-refractivity contribution is -0.137. The molecule has 4 aromatic rings. The Balaban J connectivity index is 1.54. The van der Waals surface area contributed by atoms with Gasteiger partial charge in [0.1, 0.15) is 11.6 Å². The summed E-state index contributed by atoms with van der Waals surface area (Å²) in [5.74, 6) is 0.0783. The first-order valence-electron chi connectivity index (χ1n) is 11.3. The van der Waals surface area contributed by atoms with E-state index < -0.39 is 11.7 Å². The van der Waals surface area contributed by atoms with Crippen molar-refractivity contribution in [3.05, 3.63) is 84.6 Å². The third-order valence-corrected chi connectivity index (χ3v) is 6.11. The lowest BCUT2D eigenvalue weighted by atomic mass is 10.0. The van der Waals surface area contributed by atoms with Crippen molar-refractivity contribution in [3.63, 3.8) is 0 Å². The molecule has 0 spiro atoms. The molecule has 0 unspecified atom stereocenters. The van der Waals surface area contributed by atoms with Gasteiger partial charge in [0.2, 0.25) is 0 Å². The molecule has 2 aromatic heterocycles. The monoisotopic (exact) mass is 481 g/mol. The first-order valence-corrected chi connectivity index (χ1v) is 11.3. The van der Waals surface area contributed by atoms with Crippen molar-refractivity contribution in [3.8, 4) is 22.5 Å². The van der Waals surface area contributed by atoms with E-state index in [4.69, 9.17) is 0 Å². The molecular weight excluding hydrogens is 458 g/mol. The van der Waals surface area contributed by atoms with Gasteiger partial charge < -0.3 is 15.2 Å². The third kappa shape index (κ3) is 5.05. The normalized spacial score (nSPS) is 14.7. The summed E-state index contributed by atoms with van der Waals surface area (Å²) in [5.41, 5.74) is 2.71. The molecule has 0 aliphatic carbocycles. The molecule has 0 radical (unpaired) electrons. The van der Waals surface area contributed by atoms with Crippen LogP contribution in [-0.4, -0.2) is 27.6 Å². The van der Waals surface area contributed by atoms with Crippen molar-refractivity contribution in [1.29, 1.82) is 0 Å². The van der Waals surface area contributed by atoms with E-state index in [-0.39, 0.29) is 17.5 Å². The highest BCUT2D eigenvalue weighted by atomic mass is 19.4. The fourth-order valence-electron chi connectivity index (χ4n) is 4.39. The molecule has 35 heavy (non-hydrogen) atoms. The van der Waals surface area contributed by atoms with Crippen LogP contribution in [0.3, 0.4) is 0 Å². The van der Waals surface area contributed by atoms with Crippen LogP contribution in [-0.2, 0) is 6.18 Å². The number of aromatic nitrogens is 3. The molecule has 5 rings (SSSR count). The Labute approximate surface area is 199 Å². The zero-order valence-electron chi connectivity index (χ0n) is 18.7. The van der Waals surface area contributed by atoms with E-state index in [1.165, 1.54) is 18.2 Å². The molecule has 0 amide bonds. The van der Waals surface area contributed by atoms with Crippen LogP contribution in [0.4, 0.5) is 29.1 Å². The molecule has 5 nitrogen and oxygen atoms in total. The molecule has 180 valence electrons. The second-order valence-electron chi connectivity index (χ2n) is 8.47. The molecular formula is C26H23F4N5. The van der Waals surface area contributed by atoms with Gasteiger partial charge in [0.05, 0.1) is 23.3 Å². The Morgan fingerprint density at radius 2 is 1.69 bits per heavy atom. The molecule has 1 fully saturated rings. The summed E-state index contributed by atoms with van der Waals surface area (Å²) in [7, 11) is 0. The van der Waals surface area contributed by atoms with Crippen LogP contribution in [0.5, 0.6) is 0 Å². The number of hydrogen-bond donors (Lipinski definition) is 2. The summed E-state index contributed by atoms with van der Waals surface area (Å²) in [6, 6.07) is 15.1. The van der Waals surface area contributed by atoms with Gasteiger partial charge in [-0.3, -0.25) is 0 Å². The van der Waals surface area contributed by atoms with Crippen molar-refractivity contribution < 1.29 is 17.6 Å². The largest absolute Gasteiger partial charge is 0.416 e. The average molecular weight is 481 g/mol. The third-order valence-electron chi connectivity index (χ3n) is 6.11. The predicted molar refractivity (Wildman–Crippen MR) is 127 cm³/mol. The molecule has 0 bridgehead atoms. The lowest BCUT2D eigenvalue weighted by Gasteiger charge is -2.26. The Bertz CT molecular complexity index is 1310. The van der Waals surface area contributed by atoms with Crippen LogP contribution in [0, 0.1) is 5.82 Å². The van der Waals surface area contributed by atoms with E-state index in [9.17, 15) is 17.6 Å². The molecule has 2 N–H and O–H groups in total. The minimum Gasteiger partial charge on any atom is -0.340 e. The molecule has 2 aromatic carbocycles. The maximum atomic E-state index is 13.6. The maximum absolute atomic E-state index is 13.6. The van der Waals surface area contributed by atoms with Crippen LogP contribution in [0.15, 0.2) is 73.2 Å². The number of piperidine rings is 1. The summed E-state index contributed by atoms with van der Waals surface area (Å²) in [4.78, 5) is 8.99. The highest BCUT2D eigenvalue weighted by Crippen LogP contribution is 2.37. The number of alkyl halides is 3. The number of anilines is 2. The standard InChI is InChI=1S/C26H23F4N5/c27-20-6-4-17(5-7-20)24-25(35(16-33-24)22-9-11-31-12-10-22)18-8-13-32-23(14-18)34-21-3-1-2-19(15-21)26(28,29)30/h1-8,13-16,22,31H,9-12H2,(H,32,34). The van der Waals surface area contributed by atoms with E-state index in [1.54, 1.807) is 30.5 Å². The van der Waals surface area contributed by atoms with Crippen LogP contribution in [0.25, 0.3) is 22.5 Å². The van der Waals surface area contributed by atoms with Crippen LogP contribution in [0.2, 0.25) is 0 Å². The topological polar surface area (TPSA) is 54.8 Å². The van der Waals surface area contributed by atoms with E-state index in [1.807, 2.05) is 12.4 Å². The number of nitrogens with zero attached hydrogens (tertiary/aromatic N) is 3.